The molecule has 1 fully saturated rings. The first-order valence-electron chi connectivity index (χ1n) is 8.14. The molecular formula is C17H20N6O. The van der Waals surface area contributed by atoms with Gasteiger partial charge in [-0.2, -0.15) is 10.1 Å². The van der Waals surface area contributed by atoms with E-state index in [0.29, 0.717) is 11.7 Å². The second-order valence-corrected chi connectivity index (χ2v) is 6.33. The Kier molecular flexibility index (Phi) is 3.86. The Balaban J connectivity index is 1.44. The van der Waals surface area contributed by atoms with E-state index in [-0.39, 0.29) is 0 Å². The Morgan fingerprint density at radius 3 is 2.88 bits per heavy atom. The largest absolute Gasteiger partial charge is 0.339 e. The second-order valence-electron chi connectivity index (χ2n) is 6.33. The zero-order valence-electron chi connectivity index (χ0n) is 13.9. The van der Waals surface area contributed by atoms with E-state index in [4.69, 9.17) is 4.52 Å². The van der Waals surface area contributed by atoms with Crippen molar-refractivity contribution >= 4 is 0 Å². The van der Waals surface area contributed by atoms with Crippen LogP contribution < -0.4 is 0 Å². The summed E-state index contributed by atoms with van der Waals surface area (Å²) < 4.78 is 7.38. The number of hydrogen-bond donors (Lipinski definition) is 0. The molecule has 4 rings (SSSR count). The summed E-state index contributed by atoms with van der Waals surface area (Å²) in [6.07, 6.45) is 6.60. The summed E-state index contributed by atoms with van der Waals surface area (Å²) in [4.78, 5) is 11.0. The fourth-order valence-electron chi connectivity index (χ4n) is 3.24. The average molecular weight is 324 g/mol. The molecule has 0 amide bonds. The van der Waals surface area contributed by atoms with Crippen molar-refractivity contribution in [2.45, 2.75) is 25.8 Å². The molecule has 0 aromatic carbocycles. The van der Waals surface area contributed by atoms with Gasteiger partial charge in [-0.3, -0.25) is 14.6 Å². The van der Waals surface area contributed by atoms with Gasteiger partial charge in [0.2, 0.25) is 11.7 Å². The van der Waals surface area contributed by atoms with Crippen LogP contribution in [-0.2, 0) is 13.6 Å². The van der Waals surface area contributed by atoms with Crippen LogP contribution in [0.1, 0.15) is 29.5 Å². The number of rotatable bonds is 4. The van der Waals surface area contributed by atoms with Crippen LogP contribution in [0, 0.1) is 6.92 Å². The number of aromatic nitrogens is 5. The summed E-state index contributed by atoms with van der Waals surface area (Å²) in [6.45, 7) is 4.95. The molecule has 0 N–H and O–H groups in total. The lowest BCUT2D eigenvalue weighted by Gasteiger charge is -2.14. The van der Waals surface area contributed by atoms with E-state index in [1.165, 1.54) is 5.56 Å². The van der Waals surface area contributed by atoms with Crippen LogP contribution in [0.3, 0.4) is 0 Å². The minimum absolute atomic E-state index is 0.296. The Morgan fingerprint density at radius 1 is 1.29 bits per heavy atom. The summed E-state index contributed by atoms with van der Waals surface area (Å²) in [5.74, 6) is 1.66. The first kappa shape index (κ1) is 15.0. The third kappa shape index (κ3) is 2.94. The molecule has 0 radical (unpaired) electrons. The molecule has 1 atom stereocenters. The van der Waals surface area contributed by atoms with E-state index in [9.17, 15) is 0 Å². The van der Waals surface area contributed by atoms with Gasteiger partial charge in [-0.1, -0.05) is 5.16 Å². The van der Waals surface area contributed by atoms with Crippen LogP contribution in [0.25, 0.3) is 11.4 Å². The molecule has 24 heavy (non-hydrogen) atoms. The maximum Gasteiger partial charge on any atom is 0.231 e. The van der Waals surface area contributed by atoms with Crippen LogP contribution in [-0.4, -0.2) is 42.9 Å². The van der Waals surface area contributed by atoms with Crippen molar-refractivity contribution in [3.8, 4) is 11.4 Å². The predicted molar refractivity (Wildman–Crippen MR) is 88.1 cm³/mol. The van der Waals surface area contributed by atoms with Gasteiger partial charge >= 0.3 is 0 Å². The van der Waals surface area contributed by atoms with Gasteiger partial charge < -0.3 is 4.52 Å². The molecule has 1 unspecified atom stereocenters. The summed E-state index contributed by atoms with van der Waals surface area (Å²) in [6, 6.07) is 3.78. The summed E-state index contributed by atoms with van der Waals surface area (Å²) in [7, 11) is 1.96. The number of hydrogen-bond acceptors (Lipinski definition) is 6. The van der Waals surface area contributed by atoms with Crippen molar-refractivity contribution in [2.75, 3.05) is 13.1 Å². The van der Waals surface area contributed by atoms with Crippen molar-refractivity contribution in [2.24, 2.45) is 7.05 Å². The molecule has 7 heteroatoms. The van der Waals surface area contributed by atoms with E-state index in [1.54, 1.807) is 12.4 Å². The highest BCUT2D eigenvalue weighted by atomic mass is 16.5. The molecule has 0 bridgehead atoms. The van der Waals surface area contributed by atoms with Crippen LogP contribution >= 0.6 is 0 Å². The van der Waals surface area contributed by atoms with Crippen LogP contribution in [0.15, 0.2) is 35.2 Å². The van der Waals surface area contributed by atoms with Gasteiger partial charge in [-0.25, -0.2) is 0 Å². The molecule has 3 aromatic heterocycles. The van der Waals surface area contributed by atoms with Crippen LogP contribution in [0.5, 0.6) is 0 Å². The van der Waals surface area contributed by atoms with Gasteiger partial charge in [-0.15, -0.1) is 0 Å². The molecule has 4 heterocycles. The summed E-state index contributed by atoms with van der Waals surface area (Å²) in [5.41, 5.74) is 3.31. The molecule has 0 aliphatic carbocycles. The lowest BCUT2D eigenvalue weighted by molar-refractivity contribution is 0.308. The molecule has 1 aliphatic rings. The molecule has 124 valence electrons. The SMILES string of the molecule is Cc1nn(C)cc1CN1CCC(c2nc(-c3ccncc3)no2)C1. The zero-order chi connectivity index (χ0) is 16.5. The van der Waals surface area contributed by atoms with E-state index in [2.05, 4.69) is 38.2 Å². The Bertz CT molecular complexity index is 825. The summed E-state index contributed by atoms with van der Waals surface area (Å²) >= 11 is 0. The third-order valence-corrected chi connectivity index (χ3v) is 4.51. The van der Waals surface area contributed by atoms with Crippen molar-refractivity contribution < 1.29 is 4.52 Å². The molecule has 1 saturated heterocycles. The van der Waals surface area contributed by atoms with E-state index >= 15 is 0 Å². The van der Waals surface area contributed by atoms with Gasteiger partial charge in [0, 0.05) is 49.9 Å². The standard InChI is InChI=1S/C17H20N6O/c1-12-15(9-22(2)20-12)11-23-8-5-14(10-23)17-19-16(21-24-17)13-3-6-18-7-4-13/h3-4,6-7,9,14H,5,8,10-11H2,1-2H3. The number of pyridine rings is 1. The van der Waals surface area contributed by atoms with Crippen LogP contribution in [0.2, 0.25) is 0 Å². The van der Waals surface area contributed by atoms with E-state index in [1.807, 2.05) is 23.9 Å². The van der Waals surface area contributed by atoms with Crippen molar-refractivity contribution in [3.05, 3.63) is 47.9 Å². The minimum atomic E-state index is 0.296. The maximum absolute atomic E-state index is 5.50. The minimum Gasteiger partial charge on any atom is -0.339 e. The first-order chi connectivity index (χ1) is 11.7. The predicted octanol–water partition coefficient (Wildman–Crippen LogP) is 2.16. The second kappa shape index (κ2) is 6.16. The molecule has 3 aromatic rings. The Morgan fingerprint density at radius 2 is 2.12 bits per heavy atom. The molecule has 0 spiro atoms. The van der Waals surface area contributed by atoms with Crippen LogP contribution in [0.4, 0.5) is 0 Å². The van der Waals surface area contributed by atoms with Crippen molar-refractivity contribution in [1.29, 1.82) is 0 Å². The lowest BCUT2D eigenvalue weighted by Crippen LogP contribution is -2.20. The molecule has 0 saturated carbocycles. The van der Waals surface area contributed by atoms with E-state index in [0.717, 1.165) is 43.2 Å². The molecule has 7 nitrogen and oxygen atoms in total. The molecular weight excluding hydrogens is 304 g/mol. The van der Waals surface area contributed by atoms with Gasteiger partial charge in [-0.05, 0) is 32.0 Å². The lowest BCUT2D eigenvalue weighted by atomic mass is 10.1. The third-order valence-electron chi connectivity index (χ3n) is 4.51. The number of likely N-dealkylation sites (tertiary alicyclic amines) is 1. The van der Waals surface area contributed by atoms with Gasteiger partial charge in [0.05, 0.1) is 11.6 Å². The average Bonchev–Trinajstić information content (AvgIpc) is 3.29. The normalized spacial score (nSPS) is 18.3. The summed E-state index contributed by atoms with van der Waals surface area (Å²) in [5, 5.41) is 8.52. The quantitative estimate of drug-likeness (QED) is 0.732. The Hall–Kier alpha value is -2.54. The highest BCUT2D eigenvalue weighted by Crippen LogP contribution is 2.28. The zero-order valence-corrected chi connectivity index (χ0v) is 13.9. The van der Waals surface area contributed by atoms with Crippen molar-refractivity contribution in [1.82, 2.24) is 29.8 Å². The first-order valence-corrected chi connectivity index (χ1v) is 8.14. The van der Waals surface area contributed by atoms with Gasteiger partial charge in [0.25, 0.3) is 0 Å². The van der Waals surface area contributed by atoms with E-state index < -0.39 is 0 Å². The molecule has 1 aliphatic heterocycles. The highest BCUT2D eigenvalue weighted by molar-refractivity contribution is 5.52. The van der Waals surface area contributed by atoms with Gasteiger partial charge in [0.15, 0.2) is 0 Å². The monoisotopic (exact) mass is 324 g/mol. The maximum atomic E-state index is 5.50. The smallest absolute Gasteiger partial charge is 0.231 e. The van der Waals surface area contributed by atoms with Gasteiger partial charge in [0.1, 0.15) is 0 Å². The fourth-order valence-corrected chi connectivity index (χ4v) is 3.24. The number of aryl methyl sites for hydroxylation is 2. The number of nitrogens with zero attached hydrogens (tertiary/aromatic N) is 6. The Labute approximate surface area is 140 Å². The fraction of sp³-hybridized carbons (Fsp3) is 0.412. The van der Waals surface area contributed by atoms with Crippen molar-refractivity contribution in [3.63, 3.8) is 0 Å². The topological polar surface area (TPSA) is 72.9 Å². The highest BCUT2D eigenvalue weighted by Gasteiger charge is 2.29.